The quantitative estimate of drug-likeness (QED) is 0.699. The molecule has 25 heavy (non-hydrogen) atoms. The van der Waals surface area contributed by atoms with Gasteiger partial charge in [-0.25, -0.2) is 4.79 Å². The van der Waals surface area contributed by atoms with Crippen LogP contribution in [0.4, 0.5) is 4.79 Å². The van der Waals surface area contributed by atoms with E-state index in [0.29, 0.717) is 19.2 Å². The highest BCUT2D eigenvalue weighted by Gasteiger charge is 2.24. The number of nitrogens with zero attached hydrogens (tertiary/aromatic N) is 1. The molecule has 1 aliphatic heterocycles. The first-order valence-electron chi connectivity index (χ1n) is 8.63. The number of carbonyl (C=O) groups is 2. The Hall–Kier alpha value is -2.12. The molecule has 1 aromatic rings. The lowest BCUT2D eigenvalue weighted by atomic mass is 10.2. The standard InChI is InChI=1S/C18H27N3O4/c1-24-11-10-21-9-5-8-16(21)12-19-17(22)13-20-18(23)25-14-15-6-3-2-4-7-15/h2-4,6-7,16H,5,8-14H2,1H3,(H,19,22)(H,20,23)/t16-/m1/s1. The topological polar surface area (TPSA) is 79.9 Å². The monoisotopic (exact) mass is 349 g/mol. The number of hydrogen-bond acceptors (Lipinski definition) is 5. The van der Waals surface area contributed by atoms with Crippen molar-refractivity contribution in [2.75, 3.05) is 39.9 Å². The van der Waals surface area contributed by atoms with Gasteiger partial charge in [0.25, 0.3) is 0 Å². The van der Waals surface area contributed by atoms with Gasteiger partial charge in [0.2, 0.25) is 5.91 Å². The van der Waals surface area contributed by atoms with Crippen LogP contribution in [0.5, 0.6) is 0 Å². The average molecular weight is 349 g/mol. The number of ether oxygens (including phenoxy) is 2. The van der Waals surface area contributed by atoms with Crippen LogP contribution in [0, 0.1) is 0 Å². The summed E-state index contributed by atoms with van der Waals surface area (Å²) < 4.78 is 10.2. The molecule has 1 heterocycles. The Balaban J connectivity index is 1.59. The summed E-state index contributed by atoms with van der Waals surface area (Å²) in [5, 5.41) is 5.34. The second-order valence-electron chi connectivity index (χ2n) is 6.04. The third kappa shape index (κ3) is 7.11. The molecule has 0 radical (unpaired) electrons. The molecule has 7 nitrogen and oxygen atoms in total. The van der Waals surface area contributed by atoms with E-state index in [9.17, 15) is 9.59 Å². The van der Waals surface area contributed by atoms with Crippen molar-refractivity contribution >= 4 is 12.0 Å². The first kappa shape index (κ1) is 19.2. The summed E-state index contributed by atoms with van der Waals surface area (Å²) >= 11 is 0. The Kier molecular flexibility index (Phi) is 8.21. The Morgan fingerprint density at radius 3 is 2.80 bits per heavy atom. The number of hydrogen-bond donors (Lipinski definition) is 2. The van der Waals surface area contributed by atoms with Crippen LogP contribution in [0.1, 0.15) is 18.4 Å². The molecule has 0 saturated carbocycles. The maximum atomic E-state index is 11.9. The van der Waals surface area contributed by atoms with Gasteiger partial charge in [-0.2, -0.15) is 0 Å². The van der Waals surface area contributed by atoms with Gasteiger partial charge < -0.3 is 20.1 Å². The normalized spacial score (nSPS) is 17.2. The highest BCUT2D eigenvalue weighted by atomic mass is 16.5. The Bertz CT molecular complexity index is 538. The van der Waals surface area contributed by atoms with Crippen molar-refractivity contribution in [1.29, 1.82) is 0 Å². The first-order valence-corrected chi connectivity index (χ1v) is 8.63. The van der Waals surface area contributed by atoms with Crippen LogP contribution in [0.2, 0.25) is 0 Å². The number of rotatable bonds is 9. The molecule has 1 fully saturated rings. The molecule has 0 aromatic heterocycles. The van der Waals surface area contributed by atoms with Crippen LogP contribution in [0.15, 0.2) is 30.3 Å². The van der Waals surface area contributed by atoms with Crippen molar-refractivity contribution in [3.8, 4) is 0 Å². The summed E-state index contributed by atoms with van der Waals surface area (Å²) in [6, 6.07) is 9.73. The number of alkyl carbamates (subject to hydrolysis) is 1. The van der Waals surface area contributed by atoms with Gasteiger partial charge >= 0.3 is 6.09 Å². The van der Waals surface area contributed by atoms with Crippen molar-refractivity contribution in [2.24, 2.45) is 0 Å². The van der Waals surface area contributed by atoms with E-state index in [1.165, 1.54) is 0 Å². The predicted octanol–water partition coefficient (Wildman–Crippen LogP) is 1.14. The fourth-order valence-corrected chi connectivity index (χ4v) is 2.85. The molecular weight excluding hydrogens is 322 g/mol. The van der Waals surface area contributed by atoms with Crippen LogP contribution in [0.25, 0.3) is 0 Å². The predicted molar refractivity (Wildman–Crippen MR) is 94.1 cm³/mol. The third-order valence-corrected chi connectivity index (χ3v) is 4.22. The zero-order chi connectivity index (χ0) is 17.9. The van der Waals surface area contributed by atoms with E-state index < -0.39 is 6.09 Å². The lowest BCUT2D eigenvalue weighted by Gasteiger charge is -2.24. The van der Waals surface area contributed by atoms with Gasteiger partial charge in [0.1, 0.15) is 6.61 Å². The van der Waals surface area contributed by atoms with Crippen LogP contribution in [0.3, 0.4) is 0 Å². The molecule has 2 N–H and O–H groups in total. The van der Waals surface area contributed by atoms with Crippen molar-refractivity contribution in [3.63, 3.8) is 0 Å². The second kappa shape index (κ2) is 10.7. The van der Waals surface area contributed by atoms with E-state index in [-0.39, 0.29) is 19.1 Å². The van der Waals surface area contributed by atoms with E-state index >= 15 is 0 Å². The molecule has 138 valence electrons. The van der Waals surface area contributed by atoms with E-state index in [2.05, 4.69) is 15.5 Å². The summed E-state index contributed by atoms with van der Waals surface area (Å²) in [5.74, 6) is -0.213. The van der Waals surface area contributed by atoms with E-state index in [1.54, 1.807) is 7.11 Å². The molecule has 1 saturated heterocycles. The molecule has 7 heteroatoms. The zero-order valence-corrected chi connectivity index (χ0v) is 14.7. The van der Waals surface area contributed by atoms with Crippen molar-refractivity contribution in [2.45, 2.75) is 25.5 Å². The van der Waals surface area contributed by atoms with Crippen LogP contribution in [-0.4, -0.2) is 62.8 Å². The Morgan fingerprint density at radius 1 is 1.24 bits per heavy atom. The summed E-state index contributed by atoms with van der Waals surface area (Å²) in [6.45, 7) is 3.29. The van der Waals surface area contributed by atoms with Gasteiger partial charge in [0, 0.05) is 26.2 Å². The number of carbonyl (C=O) groups excluding carboxylic acids is 2. The van der Waals surface area contributed by atoms with Gasteiger partial charge in [0.05, 0.1) is 13.2 Å². The minimum Gasteiger partial charge on any atom is -0.445 e. The van der Waals surface area contributed by atoms with Crippen molar-refractivity contribution < 1.29 is 19.1 Å². The minimum absolute atomic E-state index is 0.0849. The number of methoxy groups -OCH3 is 1. The lowest BCUT2D eigenvalue weighted by molar-refractivity contribution is -0.120. The van der Waals surface area contributed by atoms with Gasteiger partial charge in [0.15, 0.2) is 0 Å². The summed E-state index contributed by atoms with van der Waals surface area (Å²) in [7, 11) is 1.69. The Labute approximate surface area is 148 Å². The summed E-state index contributed by atoms with van der Waals surface area (Å²) in [6.07, 6.45) is 1.60. The SMILES string of the molecule is COCCN1CCC[C@@H]1CNC(=O)CNC(=O)OCc1ccccc1. The summed E-state index contributed by atoms with van der Waals surface area (Å²) in [5.41, 5.74) is 0.902. The molecule has 0 unspecified atom stereocenters. The van der Waals surface area contributed by atoms with Gasteiger partial charge in [-0.15, -0.1) is 0 Å². The average Bonchev–Trinajstić information content (AvgIpc) is 3.09. The number of nitrogens with one attached hydrogen (secondary N) is 2. The number of likely N-dealkylation sites (tertiary alicyclic amines) is 1. The number of benzene rings is 1. The molecule has 2 amide bonds. The van der Waals surface area contributed by atoms with Crippen molar-refractivity contribution in [3.05, 3.63) is 35.9 Å². The molecule has 0 aliphatic carbocycles. The molecule has 1 aromatic carbocycles. The molecule has 2 rings (SSSR count). The molecule has 1 atom stereocenters. The fourth-order valence-electron chi connectivity index (χ4n) is 2.85. The second-order valence-corrected chi connectivity index (χ2v) is 6.04. The molecule has 0 bridgehead atoms. The zero-order valence-electron chi connectivity index (χ0n) is 14.7. The highest BCUT2D eigenvalue weighted by Crippen LogP contribution is 2.15. The maximum absolute atomic E-state index is 11.9. The maximum Gasteiger partial charge on any atom is 0.407 e. The Morgan fingerprint density at radius 2 is 2.04 bits per heavy atom. The van der Waals surface area contributed by atoms with Crippen LogP contribution < -0.4 is 10.6 Å². The lowest BCUT2D eigenvalue weighted by Crippen LogP contribution is -2.44. The third-order valence-electron chi connectivity index (χ3n) is 4.22. The van der Waals surface area contributed by atoms with Crippen LogP contribution >= 0.6 is 0 Å². The van der Waals surface area contributed by atoms with Gasteiger partial charge in [-0.05, 0) is 24.9 Å². The molecule has 1 aliphatic rings. The highest BCUT2D eigenvalue weighted by molar-refractivity contribution is 5.82. The van der Waals surface area contributed by atoms with Gasteiger partial charge in [-0.1, -0.05) is 30.3 Å². The van der Waals surface area contributed by atoms with E-state index in [4.69, 9.17) is 9.47 Å². The largest absolute Gasteiger partial charge is 0.445 e. The molecule has 0 spiro atoms. The van der Waals surface area contributed by atoms with Crippen LogP contribution in [-0.2, 0) is 20.9 Å². The summed E-state index contributed by atoms with van der Waals surface area (Å²) in [4.78, 5) is 25.8. The number of amides is 2. The first-order chi connectivity index (χ1) is 12.2. The minimum atomic E-state index is -0.596. The molecular formula is C18H27N3O4. The van der Waals surface area contributed by atoms with E-state index in [0.717, 1.165) is 31.5 Å². The fraction of sp³-hybridized carbons (Fsp3) is 0.556. The smallest absolute Gasteiger partial charge is 0.407 e. The van der Waals surface area contributed by atoms with E-state index in [1.807, 2.05) is 30.3 Å². The van der Waals surface area contributed by atoms with Crippen molar-refractivity contribution in [1.82, 2.24) is 15.5 Å². The van der Waals surface area contributed by atoms with Gasteiger partial charge in [-0.3, -0.25) is 9.69 Å².